The summed E-state index contributed by atoms with van der Waals surface area (Å²) >= 11 is 0. The summed E-state index contributed by atoms with van der Waals surface area (Å²) in [6, 6.07) is 6.11. The number of aliphatic hydroxyl groups excluding tert-OH is 3. The van der Waals surface area contributed by atoms with Crippen LogP contribution < -0.4 is 0 Å². The van der Waals surface area contributed by atoms with Gasteiger partial charge >= 0.3 is 0 Å². The molecule has 1 rings (SSSR count). The summed E-state index contributed by atoms with van der Waals surface area (Å²) in [5, 5.41) is 35.9. The zero-order valence-electron chi connectivity index (χ0n) is 9.02. The average molecular weight is 238 g/mol. The van der Waals surface area contributed by atoms with Crippen molar-refractivity contribution in [1.82, 2.24) is 0 Å². The Morgan fingerprint density at radius 1 is 1.24 bits per heavy atom. The van der Waals surface area contributed by atoms with Crippen LogP contribution in [0.15, 0.2) is 30.3 Å². The van der Waals surface area contributed by atoms with Crippen molar-refractivity contribution in [3.8, 4) is 5.75 Å². The van der Waals surface area contributed by atoms with Crippen LogP contribution in [0, 0.1) is 0 Å². The SMILES string of the molecule is O=C(/C=C/c1ccc(O)cc1)C(O)C(O)CO. The van der Waals surface area contributed by atoms with Crippen LogP contribution in [-0.2, 0) is 4.79 Å². The molecular weight excluding hydrogens is 224 g/mol. The maximum absolute atomic E-state index is 11.3. The topological polar surface area (TPSA) is 98.0 Å². The number of carbonyl (C=O) groups excluding carboxylic acids is 1. The molecule has 0 saturated heterocycles. The Kier molecular flexibility index (Phi) is 4.84. The summed E-state index contributed by atoms with van der Waals surface area (Å²) in [5.74, 6) is -0.580. The third-order valence-corrected chi connectivity index (χ3v) is 2.18. The Morgan fingerprint density at radius 3 is 2.35 bits per heavy atom. The van der Waals surface area contributed by atoms with Gasteiger partial charge < -0.3 is 20.4 Å². The zero-order chi connectivity index (χ0) is 12.8. The van der Waals surface area contributed by atoms with Gasteiger partial charge in [-0.2, -0.15) is 0 Å². The number of aromatic hydroxyl groups is 1. The molecule has 5 heteroatoms. The molecule has 17 heavy (non-hydrogen) atoms. The van der Waals surface area contributed by atoms with E-state index >= 15 is 0 Å². The molecule has 0 aromatic heterocycles. The monoisotopic (exact) mass is 238 g/mol. The van der Waals surface area contributed by atoms with E-state index in [9.17, 15) is 9.90 Å². The summed E-state index contributed by atoms with van der Waals surface area (Å²) < 4.78 is 0. The predicted octanol–water partition coefficient (Wildman–Crippen LogP) is -0.311. The second-order valence-corrected chi connectivity index (χ2v) is 3.52. The lowest BCUT2D eigenvalue weighted by Gasteiger charge is -2.11. The molecule has 0 aliphatic rings. The second-order valence-electron chi connectivity index (χ2n) is 3.52. The molecule has 0 aliphatic heterocycles. The highest BCUT2D eigenvalue weighted by atomic mass is 16.4. The fourth-order valence-electron chi connectivity index (χ4n) is 1.15. The fourth-order valence-corrected chi connectivity index (χ4v) is 1.15. The van der Waals surface area contributed by atoms with Crippen LogP contribution in [0.1, 0.15) is 5.56 Å². The van der Waals surface area contributed by atoms with E-state index in [1.54, 1.807) is 12.1 Å². The first kappa shape index (κ1) is 13.4. The number of ketones is 1. The van der Waals surface area contributed by atoms with Crippen molar-refractivity contribution in [2.45, 2.75) is 12.2 Å². The molecule has 0 heterocycles. The van der Waals surface area contributed by atoms with Crippen LogP contribution in [-0.4, -0.2) is 45.0 Å². The lowest BCUT2D eigenvalue weighted by Crippen LogP contribution is -2.35. The highest BCUT2D eigenvalue weighted by Crippen LogP contribution is 2.11. The molecule has 0 fully saturated rings. The van der Waals surface area contributed by atoms with Crippen LogP contribution in [0.5, 0.6) is 5.75 Å². The van der Waals surface area contributed by atoms with Gasteiger partial charge in [0.25, 0.3) is 0 Å². The number of phenols is 1. The number of carbonyl (C=O) groups is 1. The number of aliphatic hydroxyl groups is 3. The third-order valence-electron chi connectivity index (χ3n) is 2.18. The lowest BCUT2D eigenvalue weighted by molar-refractivity contribution is -0.129. The molecule has 0 radical (unpaired) electrons. The van der Waals surface area contributed by atoms with E-state index in [1.807, 2.05) is 0 Å². The summed E-state index contributed by atoms with van der Waals surface area (Å²) in [6.07, 6.45) is -0.564. The molecule has 4 N–H and O–H groups in total. The van der Waals surface area contributed by atoms with Gasteiger partial charge in [0.1, 0.15) is 18.0 Å². The third kappa shape index (κ3) is 3.99. The molecule has 1 aromatic carbocycles. The van der Waals surface area contributed by atoms with Crippen molar-refractivity contribution in [3.63, 3.8) is 0 Å². The molecule has 2 atom stereocenters. The van der Waals surface area contributed by atoms with Crippen molar-refractivity contribution in [1.29, 1.82) is 0 Å². The highest BCUT2D eigenvalue weighted by Gasteiger charge is 2.20. The Bertz CT molecular complexity index is 396. The summed E-state index contributed by atoms with van der Waals surface area (Å²) in [4.78, 5) is 11.3. The Hall–Kier alpha value is -1.69. The molecule has 0 amide bonds. The van der Waals surface area contributed by atoms with E-state index in [2.05, 4.69) is 0 Å². The minimum Gasteiger partial charge on any atom is -0.508 e. The number of phenolic OH excluding ortho intramolecular Hbond substituents is 1. The molecule has 5 nitrogen and oxygen atoms in total. The Morgan fingerprint density at radius 2 is 1.82 bits per heavy atom. The summed E-state index contributed by atoms with van der Waals surface area (Å²) in [5.41, 5.74) is 0.668. The van der Waals surface area contributed by atoms with E-state index in [0.717, 1.165) is 6.08 Å². The molecular formula is C12H14O5. The first-order valence-electron chi connectivity index (χ1n) is 5.02. The minimum absolute atomic E-state index is 0.115. The molecule has 0 bridgehead atoms. The molecule has 0 spiro atoms. The Balaban J connectivity index is 2.65. The van der Waals surface area contributed by atoms with Gasteiger partial charge in [0.15, 0.2) is 5.78 Å². The Labute approximate surface area is 98.3 Å². The van der Waals surface area contributed by atoms with Gasteiger partial charge in [-0.25, -0.2) is 0 Å². The van der Waals surface area contributed by atoms with Crippen molar-refractivity contribution < 1.29 is 25.2 Å². The number of rotatable bonds is 5. The normalized spacial score (nSPS) is 14.8. The van der Waals surface area contributed by atoms with Gasteiger partial charge in [0, 0.05) is 0 Å². The van der Waals surface area contributed by atoms with E-state index in [-0.39, 0.29) is 5.75 Å². The standard InChI is InChI=1S/C12H14O5/c13-7-11(16)12(17)10(15)6-3-8-1-4-9(14)5-2-8/h1-6,11-14,16-17H,7H2/b6-3+. The average Bonchev–Trinajstić information content (AvgIpc) is 2.35. The van der Waals surface area contributed by atoms with Crippen molar-refractivity contribution in [2.24, 2.45) is 0 Å². The van der Waals surface area contributed by atoms with Gasteiger partial charge in [0.2, 0.25) is 0 Å². The molecule has 92 valence electrons. The maximum atomic E-state index is 11.3. The maximum Gasteiger partial charge on any atom is 0.186 e. The quantitative estimate of drug-likeness (QED) is 0.527. The van der Waals surface area contributed by atoms with Gasteiger partial charge in [-0.3, -0.25) is 4.79 Å². The zero-order valence-corrected chi connectivity index (χ0v) is 9.02. The molecule has 1 aromatic rings. The second kappa shape index (κ2) is 6.15. The van der Waals surface area contributed by atoms with Gasteiger partial charge in [0.05, 0.1) is 6.61 Å². The number of benzene rings is 1. The van der Waals surface area contributed by atoms with E-state index in [0.29, 0.717) is 5.56 Å². The minimum atomic E-state index is -1.63. The van der Waals surface area contributed by atoms with Crippen LogP contribution in [0.4, 0.5) is 0 Å². The van der Waals surface area contributed by atoms with Crippen molar-refractivity contribution >= 4 is 11.9 Å². The van der Waals surface area contributed by atoms with Crippen molar-refractivity contribution in [3.05, 3.63) is 35.9 Å². The predicted molar refractivity (Wildman–Crippen MR) is 61.2 cm³/mol. The van der Waals surface area contributed by atoms with Gasteiger partial charge in [-0.05, 0) is 23.8 Å². The van der Waals surface area contributed by atoms with Crippen LogP contribution >= 0.6 is 0 Å². The van der Waals surface area contributed by atoms with E-state index < -0.39 is 24.6 Å². The van der Waals surface area contributed by atoms with Gasteiger partial charge in [-0.15, -0.1) is 0 Å². The van der Waals surface area contributed by atoms with Crippen LogP contribution in [0.2, 0.25) is 0 Å². The molecule has 0 aliphatic carbocycles. The summed E-state index contributed by atoms with van der Waals surface area (Å²) in [6.45, 7) is -0.681. The molecule has 2 unspecified atom stereocenters. The van der Waals surface area contributed by atoms with E-state index in [4.69, 9.17) is 15.3 Å². The van der Waals surface area contributed by atoms with E-state index in [1.165, 1.54) is 18.2 Å². The van der Waals surface area contributed by atoms with Gasteiger partial charge in [-0.1, -0.05) is 18.2 Å². The fraction of sp³-hybridized carbons (Fsp3) is 0.250. The van der Waals surface area contributed by atoms with Crippen LogP contribution in [0.3, 0.4) is 0 Å². The largest absolute Gasteiger partial charge is 0.508 e. The highest BCUT2D eigenvalue weighted by molar-refractivity contribution is 5.97. The van der Waals surface area contributed by atoms with Crippen molar-refractivity contribution in [2.75, 3.05) is 6.61 Å². The summed E-state index contributed by atoms with van der Waals surface area (Å²) in [7, 11) is 0. The number of hydrogen-bond donors (Lipinski definition) is 4. The lowest BCUT2D eigenvalue weighted by atomic mass is 10.1. The smallest absolute Gasteiger partial charge is 0.186 e. The first-order valence-corrected chi connectivity index (χ1v) is 5.02. The first-order chi connectivity index (χ1) is 8.04. The molecule has 0 saturated carbocycles. The number of hydrogen-bond acceptors (Lipinski definition) is 5. The van der Waals surface area contributed by atoms with Crippen LogP contribution in [0.25, 0.3) is 6.08 Å².